The first kappa shape index (κ1) is 61.8. The zero-order valence-electron chi connectivity index (χ0n) is 42.8. The topological polar surface area (TPSA) is 69.6 Å². The van der Waals surface area contributed by atoms with E-state index in [1.54, 1.807) is 6.08 Å². The number of hydrogen-bond donors (Lipinski definition) is 3. The average molecular weight is 893 g/mol. The van der Waals surface area contributed by atoms with E-state index in [1.165, 1.54) is 205 Å². The Labute approximate surface area is 399 Å². The Bertz CT molecular complexity index is 1100. The van der Waals surface area contributed by atoms with E-state index in [9.17, 15) is 15.0 Å². The number of carbonyl (C=O) groups excluding carboxylic acids is 1. The molecule has 0 aliphatic carbocycles. The molecular weight excluding hydrogens is 783 g/mol. The molecule has 64 heavy (non-hydrogen) atoms. The normalized spacial score (nSPS) is 13.4. The lowest BCUT2D eigenvalue weighted by molar-refractivity contribution is -0.123. The molecule has 2 unspecified atom stereocenters. The van der Waals surface area contributed by atoms with Crippen LogP contribution in [0.25, 0.3) is 0 Å². The number of rotatable bonds is 51. The summed E-state index contributed by atoms with van der Waals surface area (Å²) in [5, 5.41) is 23.1. The highest BCUT2D eigenvalue weighted by atomic mass is 16.3. The second-order valence-electron chi connectivity index (χ2n) is 19.0. The van der Waals surface area contributed by atoms with E-state index in [1.807, 2.05) is 6.08 Å². The second kappa shape index (κ2) is 55.2. The highest BCUT2D eigenvalue weighted by molar-refractivity contribution is 5.76. The van der Waals surface area contributed by atoms with Gasteiger partial charge < -0.3 is 15.5 Å². The fourth-order valence-electron chi connectivity index (χ4n) is 8.44. The minimum absolute atomic E-state index is 0.0617. The van der Waals surface area contributed by atoms with Crippen LogP contribution in [-0.2, 0) is 4.79 Å². The number of carbonyl (C=O) groups is 1. The lowest BCUT2D eigenvalue weighted by Gasteiger charge is -2.20. The first-order valence-electron chi connectivity index (χ1n) is 28.2. The summed E-state index contributed by atoms with van der Waals surface area (Å²) in [5.74, 6) is -0.0617. The minimum Gasteiger partial charge on any atom is -0.394 e. The molecule has 372 valence electrons. The van der Waals surface area contributed by atoms with Crippen LogP contribution in [-0.4, -0.2) is 34.9 Å². The molecule has 4 heteroatoms. The Balaban J connectivity index is 3.42. The first-order valence-corrected chi connectivity index (χ1v) is 28.2. The summed E-state index contributed by atoms with van der Waals surface area (Å²) in [6, 6.07) is -0.621. The molecule has 0 aromatic rings. The average Bonchev–Trinajstić information content (AvgIpc) is 3.30. The molecule has 0 radical (unpaired) electrons. The number of aliphatic hydroxyl groups is 2. The van der Waals surface area contributed by atoms with Gasteiger partial charge in [-0.05, 0) is 64.2 Å². The zero-order valence-corrected chi connectivity index (χ0v) is 42.8. The van der Waals surface area contributed by atoms with Crippen molar-refractivity contribution in [1.29, 1.82) is 0 Å². The number of hydrogen-bond acceptors (Lipinski definition) is 3. The molecule has 0 saturated heterocycles. The van der Waals surface area contributed by atoms with Crippen LogP contribution in [0.4, 0.5) is 0 Å². The molecule has 1 amide bonds. The van der Waals surface area contributed by atoms with Crippen LogP contribution in [0.3, 0.4) is 0 Å². The van der Waals surface area contributed by atoms with E-state index >= 15 is 0 Å². The van der Waals surface area contributed by atoms with Gasteiger partial charge in [-0.15, -0.1) is 0 Å². The molecule has 0 aliphatic rings. The molecule has 0 aromatic heterocycles. The molecule has 0 aliphatic heterocycles. The predicted molar refractivity (Wildman–Crippen MR) is 285 cm³/mol. The van der Waals surface area contributed by atoms with Crippen LogP contribution in [0.1, 0.15) is 284 Å². The van der Waals surface area contributed by atoms with Crippen molar-refractivity contribution >= 4 is 5.91 Å². The van der Waals surface area contributed by atoms with Crippen molar-refractivity contribution in [1.82, 2.24) is 5.32 Å². The summed E-state index contributed by atoms with van der Waals surface area (Å²) in [5.41, 5.74) is 0. The van der Waals surface area contributed by atoms with Crippen molar-refractivity contribution < 1.29 is 15.0 Å². The smallest absolute Gasteiger partial charge is 0.220 e. The summed E-state index contributed by atoms with van der Waals surface area (Å²) < 4.78 is 0. The molecule has 4 nitrogen and oxygen atoms in total. The van der Waals surface area contributed by atoms with E-state index in [-0.39, 0.29) is 12.5 Å². The van der Waals surface area contributed by atoms with E-state index in [4.69, 9.17) is 0 Å². The molecule has 0 aromatic carbocycles. The van der Waals surface area contributed by atoms with Crippen LogP contribution >= 0.6 is 0 Å². The molecule has 0 bridgehead atoms. The van der Waals surface area contributed by atoms with Crippen molar-refractivity contribution in [2.45, 2.75) is 296 Å². The third kappa shape index (κ3) is 50.8. The van der Waals surface area contributed by atoms with Gasteiger partial charge in [-0.25, -0.2) is 0 Å². The number of aliphatic hydroxyl groups excluding tert-OH is 2. The number of nitrogens with one attached hydrogen (secondary N) is 1. The molecule has 0 rings (SSSR count). The molecular formula is C60H109NO3. The first-order chi connectivity index (χ1) is 31.7. The third-order valence-electron chi connectivity index (χ3n) is 12.7. The maximum atomic E-state index is 12.4. The molecule has 0 heterocycles. The fraction of sp³-hybridized carbons (Fsp3) is 0.783. The zero-order chi connectivity index (χ0) is 46.3. The molecule has 2 atom stereocenters. The lowest BCUT2D eigenvalue weighted by Crippen LogP contribution is -2.45. The Hall–Kier alpha value is -2.17. The Morgan fingerprint density at radius 2 is 0.688 bits per heavy atom. The third-order valence-corrected chi connectivity index (χ3v) is 12.7. The van der Waals surface area contributed by atoms with Crippen LogP contribution in [0.15, 0.2) is 72.9 Å². The van der Waals surface area contributed by atoms with Gasteiger partial charge in [-0.2, -0.15) is 0 Å². The Morgan fingerprint density at radius 3 is 1.03 bits per heavy atom. The van der Waals surface area contributed by atoms with Crippen molar-refractivity contribution in [3.63, 3.8) is 0 Å². The summed E-state index contributed by atoms with van der Waals surface area (Å²) in [6.45, 7) is 4.20. The fourth-order valence-corrected chi connectivity index (χ4v) is 8.44. The summed E-state index contributed by atoms with van der Waals surface area (Å²) in [4.78, 5) is 12.4. The number of unbranched alkanes of at least 4 members (excludes halogenated alkanes) is 34. The van der Waals surface area contributed by atoms with E-state index < -0.39 is 12.1 Å². The van der Waals surface area contributed by atoms with E-state index in [0.717, 1.165) is 57.8 Å². The molecule has 3 N–H and O–H groups in total. The highest BCUT2D eigenvalue weighted by Crippen LogP contribution is 2.17. The maximum absolute atomic E-state index is 12.4. The van der Waals surface area contributed by atoms with Gasteiger partial charge in [-0.1, -0.05) is 286 Å². The van der Waals surface area contributed by atoms with Crippen molar-refractivity contribution in [2.75, 3.05) is 6.61 Å². The van der Waals surface area contributed by atoms with Crippen LogP contribution in [0.2, 0.25) is 0 Å². The van der Waals surface area contributed by atoms with Gasteiger partial charge in [0.15, 0.2) is 0 Å². The number of amides is 1. The largest absolute Gasteiger partial charge is 0.394 e. The predicted octanol–water partition coefficient (Wildman–Crippen LogP) is 18.6. The SMILES string of the molecule is CC/C=C\C/C=C\C/C=C\C/C=C\C/C=C\CCCCCCCCCCCCCCCCCCCCCCCCCC(=O)NC(CO)C(O)/C=C/CCCCCCCCCCCCC. The van der Waals surface area contributed by atoms with Crippen LogP contribution < -0.4 is 5.32 Å². The van der Waals surface area contributed by atoms with Gasteiger partial charge in [0, 0.05) is 6.42 Å². The number of allylic oxidation sites excluding steroid dienone is 11. The van der Waals surface area contributed by atoms with Gasteiger partial charge in [0.25, 0.3) is 0 Å². The maximum Gasteiger partial charge on any atom is 0.220 e. The van der Waals surface area contributed by atoms with Gasteiger partial charge in [0.05, 0.1) is 18.8 Å². The second-order valence-corrected chi connectivity index (χ2v) is 19.0. The summed E-state index contributed by atoms with van der Waals surface area (Å²) >= 11 is 0. The Morgan fingerprint density at radius 1 is 0.391 bits per heavy atom. The van der Waals surface area contributed by atoms with Crippen LogP contribution in [0, 0.1) is 0 Å². The van der Waals surface area contributed by atoms with E-state index in [0.29, 0.717) is 6.42 Å². The summed E-state index contributed by atoms with van der Waals surface area (Å²) in [6.07, 6.45) is 79.3. The van der Waals surface area contributed by atoms with Gasteiger partial charge in [0.2, 0.25) is 5.91 Å². The van der Waals surface area contributed by atoms with Gasteiger partial charge in [0.1, 0.15) is 0 Å². The monoisotopic (exact) mass is 892 g/mol. The van der Waals surface area contributed by atoms with E-state index in [2.05, 4.69) is 79.9 Å². The Kier molecular flexibility index (Phi) is 53.3. The van der Waals surface area contributed by atoms with Crippen molar-refractivity contribution in [2.24, 2.45) is 0 Å². The van der Waals surface area contributed by atoms with Gasteiger partial charge in [-0.3, -0.25) is 4.79 Å². The molecule has 0 saturated carbocycles. The standard InChI is InChI=1S/C60H109NO3/c1-3-5-7-9-11-13-15-17-18-19-20-21-22-23-24-25-26-27-28-29-30-31-32-33-34-35-36-37-38-39-40-41-42-44-46-48-50-52-54-56-60(64)61-58(57-62)59(63)55-53-51-49-47-45-43-16-14-12-10-8-6-4-2/h5,7,11,13,17-18,20-21,23-24,53,55,58-59,62-63H,3-4,6,8-10,12,14-16,19,22,25-52,54,56-57H2,1-2H3,(H,61,64)/b7-5-,13-11-,18-17-,21-20-,24-23-,55-53+. The molecule has 0 fully saturated rings. The minimum atomic E-state index is -0.838. The highest BCUT2D eigenvalue weighted by Gasteiger charge is 2.18. The van der Waals surface area contributed by atoms with Gasteiger partial charge >= 0.3 is 0 Å². The van der Waals surface area contributed by atoms with Crippen LogP contribution in [0.5, 0.6) is 0 Å². The summed E-state index contributed by atoms with van der Waals surface area (Å²) in [7, 11) is 0. The lowest BCUT2D eigenvalue weighted by atomic mass is 10.0. The van der Waals surface area contributed by atoms with Crippen molar-refractivity contribution in [3.8, 4) is 0 Å². The molecule has 0 spiro atoms. The quantitative estimate of drug-likeness (QED) is 0.0421. The van der Waals surface area contributed by atoms with Crippen molar-refractivity contribution in [3.05, 3.63) is 72.9 Å².